The van der Waals surface area contributed by atoms with E-state index in [1.54, 1.807) is 67.6 Å². The molecule has 2 aromatic rings. The molecule has 1 heterocycles. The van der Waals surface area contributed by atoms with Crippen LogP contribution in [-0.4, -0.2) is 48.3 Å². The maximum Gasteiger partial charge on any atom is 0.398 e. The molecule has 8 heteroatoms. The van der Waals surface area contributed by atoms with E-state index in [9.17, 15) is 18.6 Å². The highest BCUT2D eigenvalue weighted by Gasteiger charge is 2.63. The third kappa shape index (κ3) is 4.14. The average molecular weight is 431 g/mol. The Balaban J connectivity index is 2.31. The first-order valence-electron chi connectivity index (χ1n) is 9.45. The van der Waals surface area contributed by atoms with Crippen molar-refractivity contribution in [3.05, 3.63) is 66.2 Å². The standard InChI is InChI=1S/C22H24NO6S/c1-4-28-21(26)22(15-30(2,3)27)18(16-11-7-5-8-12-16)23(19(24)20(25)29-22)17-13-9-6-10-14-17/h5-14,18H,4,15H2,1-3H3/q+1. The Morgan fingerprint density at radius 3 is 2.17 bits per heavy atom. The van der Waals surface area contributed by atoms with E-state index in [4.69, 9.17) is 9.47 Å². The highest BCUT2D eigenvalue weighted by Crippen LogP contribution is 2.43. The quantitative estimate of drug-likeness (QED) is 0.397. The van der Waals surface area contributed by atoms with Crippen molar-refractivity contribution in [1.82, 2.24) is 0 Å². The lowest BCUT2D eigenvalue weighted by Gasteiger charge is -2.45. The first kappa shape index (κ1) is 21.7. The summed E-state index contributed by atoms with van der Waals surface area (Å²) >= 11 is 0. The van der Waals surface area contributed by atoms with E-state index in [0.29, 0.717) is 11.3 Å². The van der Waals surface area contributed by atoms with Gasteiger partial charge in [-0.05, 0) is 24.6 Å². The van der Waals surface area contributed by atoms with E-state index in [1.807, 2.05) is 0 Å². The summed E-state index contributed by atoms with van der Waals surface area (Å²) < 4.78 is 23.7. The molecule has 0 saturated carbocycles. The molecule has 0 aliphatic carbocycles. The largest absolute Gasteiger partial charge is 0.463 e. The molecule has 2 aromatic carbocycles. The Kier molecular flexibility index (Phi) is 6.07. The fourth-order valence-corrected chi connectivity index (χ4v) is 5.06. The molecule has 1 amide bonds. The molecule has 2 unspecified atom stereocenters. The maximum absolute atomic E-state index is 13.2. The molecule has 158 valence electrons. The second-order valence-electron chi connectivity index (χ2n) is 7.40. The van der Waals surface area contributed by atoms with Gasteiger partial charge in [0.15, 0.2) is 5.75 Å². The Labute approximate surface area is 176 Å². The van der Waals surface area contributed by atoms with Crippen LogP contribution < -0.4 is 4.90 Å². The highest BCUT2D eigenvalue weighted by atomic mass is 32.2. The van der Waals surface area contributed by atoms with Crippen LogP contribution in [0.15, 0.2) is 60.7 Å². The van der Waals surface area contributed by atoms with Gasteiger partial charge in [0, 0.05) is 5.69 Å². The van der Waals surface area contributed by atoms with Crippen LogP contribution in [0.1, 0.15) is 18.5 Å². The third-order valence-electron chi connectivity index (χ3n) is 4.70. The van der Waals surface area contributed by atoms with E-state index in [1.165, 1.54) is 17.4 Å². The number of benzene rings is 2. The van der Waals surface area contributed by atoms with Gasteiger partial charge in [0.05, 0.1) is 16.5 Å². The van der Waals surface area contributed by atoms with Gasteiger partial charge in [0.1, 0.15) is 18.6 Å². The number of hydrogen-bond acceptors (Lipinski definition) is 6. The predicted octanol–water partition coefficient (Wildman–Crippen LogP) is 2.38. The number of amides is 1. The lowest BCUT2D eigenvalue weighted by Crippen LogP contribution is -2.66. The maximum atomic E-state index is 13.2. The summed E-state index contributed by atoms with van der Waals surface area (Å²) in [5.41, 5.74) is -0.988. The van der Waals surface area contributed by atoms with Gasteiger partial charge in [-0.1, -0.05) is 48.5 Å². The molecule has 3 rings (SSSR count). The van der Waals surface area contributed by atoms with Crippen LogP contribution in [0, 0.1) is 0 Å². The van der Waals surface area contributed by atoms with Gasteiger partial charge in [0.25, 0.3) is 5.60 Å². The van der Waals surface area contributed by atoms with E-state index in [0.717, 1.165) is 0 Å². The van der Waals surface area contributed by atoms with Crippen LogP contribution in [0.5, 0.6) is 0 Å². The fraction of sp³-hybridized carbons (Fsp3) is 0.318. The van der Waals surface area contributed by atoms with Crippen molar-refractivity contribution in [2.45, 2.75) is 18.6 Å². The number of para-hydroxylation sites is 1. The molecule has 30 heavy (non-hydrogen) atoms. The minimum absolute atomic E-state index is 0.0353. The molecule has 2 atom stereocenters. The number of anilines is 1. The van der Waals surface area contributed by atoms with E-state index in [-0.39, 0.29) is 12.4 Å². The smallest absolute Gasteiger partial charge is 0.398 e. The molecule has 1 aliphatic rings. The number of hydrogen-bond donors (Lipinski definition) is 0. The number of ether oxygens (including phenoxy) is 2. The Morgan fingerprint density at radius 2 is 1.63 bits per heavy atom. The second-order valence-corrected chi connectivity index (χ2v) is 10.6. The summed E-state index contributed by atoms with van der Waals surface area (Å²) in [6.07, 6.45) is 2.96. The summed E-state index contributed by atoms with van der Waals surface area (Å²) in [5.74, 6) is -3.23. The molecule has 1 saturated heterocycles. The molecule has 1 aliphatic heterocycles. The zero-order valence-electron chi connectivity index (χ0n) is 17.1. The van der Waals surface area contributed by atoms with Crippen molar-refractivity contribution in [3.63, 3.8) is 0 Å². The molecule has 0 N–H and O–H groups in total. The summed E-state index contributed by atoms with van der Waals surface area (Å²) in [4.78, 5) is 40.1. The number of carbonyl (C=O) groups excluding carboxylic acids is 3. The highest BCUT2D eigenvalue weighted by molar-refractivity contribution is 8.01. The van der Waals surface area contributed by atoms with Crippen LogP contribution in [0.25, 0.3) is 0 Å². The van der Waals surface area contributed by atoms with Crippen molar-refractivity contribution in [2.24, 2.45) is 0 Å². The topological polar surface area (TPSA) is 90.0 Å². The van der Waals surface area contributed by atoms with Gasteiger partial charge in [-0.3, -0.25) is 9.69 Å². The molecule has 1 fully saturated rings. The molecule has 0 aromatic heterocycles. The van der Waals surface area contributed by atoms with Crippen LogP contribution in [0.3, 0.4) is 0 Å². The monoisotopic (exact) mass is 430 g/mol. The average Bonchev–Trinajstić information content (AvgIpc) is 2.70. The van der Waals surface area contributed by atoms with Gasteiger partial charge in [-0.15, -0.1) is 4.21 Å². The number of rotatable bonds is 6. The Bertz CT molecular complexity index is 987. The molecular weight excluding hydrogens is 406 g/mol. The normalized spacial score (nSPS) is 21.8. The fourth-order valence-electron chi connectivity index (χ4n) is 3.69. The van der Waals surface area contributed by atoms with E-state index in [2.05, 4.69) is 0 Å². The third-order valence-corrected chi connectivity index (χ3v) is 5.82. The number of carbonyl (C=O) groups is 3. The number of cyclic esters (lactones) is 1. The van der Waals surface area contributed by atoms with Crippen LogP contribution in [0.2, 0.25) is 0 Å². The number of morpholine rings is 1. The first-order chi connectivity index (χ1) is 14.2. The van der Waals surface area contributed by atoms with Crippen LogP contribution in [-0.2, 0) is 38.0 Å². The molecule has 0 spiro atoms. The van der Waals surface area contributed by atoms with Crippen molar-refractivity contribution in [1.29, 1.82) is 0 Å². The van der Waals surface area contributed by atoms with Gasteiger partial charge in [-0.25, -0.2) is 9.59 Å². The van der Waals surface area contributed by atoms with E-state index < -0.39 is 39.4 Å². The molecule has 7 nitrogen and oxygen atoms in total. The van der Waals surface area contributed by atoms with Crippen molar-refractivity contribution in [2.75, 3.05) is 29.8 Å². The molecular formula is C22H24NO6S+. The lowest BCUT2D eigenvalue weighted by atomic mass is 9.86. The number of nitrogens with zero attached hydrogens (tertiary/aromatic N) is 1. The van der Waals surface area contributed by atoms with Gasteiger partial charge < -0.3 is 9.47 Å². The summed E-state index contributed by atoms with van der Waals surface area (Å²) in [5, 5.41) is 0. The minimum atomic E-state index is -2.60. The summed E-state index contributed by atoms with van der Waals surface area (Å²) in [7, 11) is -2.60. The molecule has 0 bridgehead atoms. The van der Waals surface area contributed by atoms with Crippen molar-refractivity contribution in [3.8, 4) is 0 Å². The van der Waals surface area contributed by atoms with E-state index >= 15 is 0 Å². The van der Waals surface area contributed by atoms with Crippen molar-refractivity contribution < 1.29 is 28.1 Å². The predicted molar refractivity (Wildman–Crippen MR) is 113 cm³/mol. The SMILES string of the molecule is CCOC(=O)C1(C[S+](C)(C)=O)OC(=O)C(=O)N(c2ccccc2)C1c1ccccc1. The van der Waals surface area contributed by atoms with Crippen LogP contribution >= 0.6 is 0 Å². The first-order valence-corrected chi connectivity index (χ1v) is 12.0. The Morgan fingerprint density at radius 1 is 1.07 bits per heavy atom. The second kappa shape index (κ2) is 8.39. The van der Waals surface area contributed by atoms with Gasteiger partial charge in [-0.2, -0.15) is 0 Å². The number of esters is 2. The summed E-state index contributed by atoms with van der Waals surface area (Å²) in [6.45, 7) is 1.66. The minimum Gasteiger partial charge on any atom is -0.463 e. The molecule has 0 radical (unpaired) electrons. The lowest BCUT2D eigenvalue weighted by molar-refractivity contribution is -0.189. The Hall–Kier alpha value is -3.00. The van der Waals surface area contributed by atoms with Gasteiger partial charge >= 0.3 is 17.8 Å². The van der Waals surface area contributed by atoms with Crippen molar-refractivity contribution >= 4 is 33.5 Å². The summed E-state index contributed by atoms with van der Waals surface area (Å²) in [6, 6.07) is 16.3. The van der Waals surface area contributed by atoms with Gasteiger partial charge in [0.2, 0.25) is 0 Å². The van der Waals surface area contributed by atoms with Crippen LogP contribution in [0.4, 0.5) is 5.69 Å². The zero-order chi connectivity index (χ0) is 21.9. The zero-order valence-corrected chi connectivity index (χ0v) is 17.9.